The second-order valence-corrected chi connectivity index (χ2v) is 7.01. The van der Waals surface area contributed by atoms with Crippen molar-refractivity contribution in [2.24, 2.45) is 11.7 Å². The van der Waals surface area contributed by atoms with E-state index in [2.05, 4.69) is 19.1 Å². The van der Waals surface area contributed by atoms with Crippen molar-refractivity contribution >= 4 is 5.91 Å². The van der Waals surface area contributed by atoms with Gasteiger partial charge >= 0.3 is 0 Å². The van der Waals surface area contributed by atoms with Gasteiger partial charge in [-0.05, 0) is 62.6 Å². The maximum atomic E-state index is 12.3. The van der Waals surface area contributed by atoms with E-state index >= 15 is 0 Å². The molecule has 1 fully saturated rings. The number of amides is 1. The maximum absolute atomic E-state index is 12.3. The first-order valence-electron chi connectivity index (χ1n) is 9.26. The summed E-state index contributed by atoms with van der Waals surface area (Å²) < 4.78 is 5.17. The van der Waals surface area contributed by atoms with Crippen molar-refractivity contribution in [3.8, 4) is 5.75 Å². The molecule has 1 heterocycles. The van der Waals surface area contributed by atoms with Crippen LogP contribution in [0.4, 0.5) is 0 Å². The summed E-state index contributed by atoms with van der Waals surface area (Å²) in [6.07, 6.45) is 7.19. The van der Waals surface area contributed by atoms with Crippen LogP contribution in [0.1, 0.15) is 51.0 Å². The van der Waals surface area contributed by atoms with Gasteiger partial charge in [0.2, 0.25) is 5.91 Å². The van der Waals surface area contributed by atoms with Crippen molar-refractivity contribution < 1.29 is 9.53 Å². The first-order valence-corrected chi connectivity index (χ1v) is 9.26. The Bertz CT molecular complexity index is 499. The lowest BCUT2D eigenvalue weighted by Crippen LogP contribution is -2.44. The molecule has 1 aromatic carbocycles. The third kappa shape index (κ3) is 5.82. The number of nitrogens with zero attached hydrogens (tertiary/aromatic N) is 1. The zero-order valence-corrected chi connectivity index (χ0v) is 15.2. The number of piperidine rings is 1. The summed E-state index contributed by atoms with van der Waals surface area (Å²) in [7, 11) is 1.69. The number of carbonyl (C=O) groups excluding carboxylic acids is 1. The Kier molecular flexibility index (Phi) is 7.57. The molecule has 4 nitrogen and oxygen atoms in total. The van der Waals surface area contributed by atoms with Gasteiger partial charge < -0.3 is 15.4 Å². The molecule has 0 radical (unpaired) electrons. The minimum absolute atomic E-state index is 0.185. The van der Waals surface area contributed by atoms with Crippen LogP contribution < -0.4 is 10.5 Å². The van der Waals surface area contributed by atoms with Crippen molar-refractivity contribution in [2.75, 3.05) is 20.2 Å². The maximum Gasteiger partial charge on any atom is 0.222 e. The second-order valence-electron chi connectivity index (χ2n) is 7.01. The molecular formula is C20H32N2O2. The standard InChI is InChI=1S/C20H32N2O2/c1-16(21)18-8-6-14-22(15-18)20(23)9-5-3-4-7-17-10-12-19(24-2)13-11-17/h10-13,16,18H,3-9,14-15,21H2,1-2H3. The highest BCUT2D eigenvalue weighted by atomic mass is 16.5. The van der Waals surface area contributed by atoms with Gasteiger partial charge in [0.15, 0.2) is 0 Å². The molecule has 0 aliphatic carbocycles. The molecule has 134 valence electrons. The van der Waals surface area contributed by atoms with Crippen LogP contribution in [0.15, 0.2) is 24.3 Å². The molecule has 1 aromatic rings. The number of hydrogen-bond donors (Lipinski definition) is 1. The fourth-order valence-electron chi connectivity index (χ4n) is 3.40. The summed E-state index contributed by atoms with van der Waals surface area (Å²) in [5.74, 6) is 1.68. The van der Waals surface area contributed by atoms with E-state index in [9.17, 15) is 4.79 Å². The van der Waals surface area contributed by atoms with Gasteiger partial charge in [-0.3, -0.25) is 4.79 Å². The van der Waals surface area contributed by atoms with Crippen LogP contribution in [-0.2, 0) is 11.2 Å². The molecule has 0 saturated carbocycles. The van der Waals surface area contributed by atoms with E-state index in [0.29, 0.717) is 18.2 Å². The van der Waals surface area contributed by atoms with Gasteiger partial charge in [0.25, 0.3) is 0 Å². The summed E-state index contributed by atoms with van der Waals surface area (Å²) in [6, 6.07) is 8.43. The summed E-state index contributed by atoms with van der Waals surface area (Å²) in [4.78, 5) is 14.4. The molecule has 2 N–H and O–H groups in total. The number of unbranched alkanes of at least 4 members (excludes halogenated alkanes) is 2. The van der Waals surface area contributed by atoms with E-state index < -0.39 is 0 Å². The zero-order chi connectivity index (χ0) is 17.4. The topological polar surface area (TPSA) is 55.6 Å². The van der Waals surface area contributed by atoms with Gasteiger partial charge in [0, 0.05) is 25.6 Å². The lowest BCUT2D eigenvalue weighted by Gasteiger charge is -2.34. The predicted molar refractivity (Wildman–Crippen MR) is 98.1 cm³/mol. The van der Waals surface area contributed by atoms with Crippen LogP contribution in [-0.4, -0.2) is 37.0 Å². The first kappa shape index (κ1) is 18.8. The van der Waals surface area contributed by atoms with E-state index in [1.807, 2.05) is 17.0 Å². The van der Waals surface area contributed by atoms with E-state index in [0.717, 1.165) is 57.4 Å². The number of hydrogen-bond acceptors (Lipinski definition) is 3. The smallest absolute Gasteiger partial charge is 0.222 e. The number of aryl methyl sites for hydroxylation is 1. The van der Waals surface area contributed by atoms with Crippen LogP contribution in [0, 0.1) is 5.92 Å². The molecule has 2 atom stereocenters. The van der Waals surface area contributed by atoms with Crippen LogP contribution in [0.5, 0.6) is 5.75 Å². The third-order valence-corrected chi connectivity index (χ3v) is 5.07. The Labute approximate surface area is 146 Å². The average molecular weight is 332 g/mol. The van der Waals surface area contributed by atoms with Gasteiger partial charge in [-0.2, -0.15) is 0 Å². The van der Waals surface area contributed by atoms with E-state index in [4.69, 9.17) is 10.5 Å². The number of ether oxygens (including phenoxy) is 1. The fourth-order valence-corrected chi connectivity index (χ4v) is 3.40. The van der Waals surface area contributed by atoms with Crippen molar-refractivity contribution in [1.29, 1.82) is 0 Å². The fraction of sp³-hybridized carbons (Fsp3) is 0.650. The molecule has 1 saturated heterocycles. The van der Waals surface area contributed by atoms with Crippen molar-refractivity contribution in [3.05, 3.63) is 29.8 Å². The molecular weight excluding hydrogens is 300 g/mol. The minimum Gasteiger partial charge on any atom is -0.497 e. The zero-order valence-electron chi connectivity index (χ0n) is 15.2. The summed E-state index contributed by atoms with van der Waals surface area (Å²) in [5.41, 5.74) is 7.33. The normalized spacial score (nSPS) is 19.1. The molecule has 0 aromatic heterocycles. The van der Waals surface area contributed by atoms with Crippen LogP contribution >= 0.6 is 0 Å². The number of carbonyl (C=O) groups is 1. The summed E-state index contributed by atoms with van der Waals surface area (Å²) >= 11 is 0. The van der Waals surface area contributed by atoms with Crippen LogP contribution in [0.3, 0.4) is 0 Å². The van der Waals surface area contributed by atoms with Crippen molar-refractivity contribution in [2.45, 2.75) is 57.9 Å². The number of nitrogens with two attached hydrogens (primary N) is 1. The quantitative estimate of drug-likeness (QED) is 0.743. The first-order chi connectivity index (χ1) is 11.6. The van der Waals surface area contributed by atoms with Gasteiger partial charge in [-0.1, -0.05) is 18.6 Å². The Hall–Kier alpha value is -1.55. The number of methoxy groups -OCH3 is 1. The summed E-state index contributed by atoms with van der Waals surface area (Å²) in [6.45, 7) is 3.81. The highest BCUT2D eigenvalue weighted by Crippen LogP contribution is 2.20. The monoisotopic (exact) mass is 332 g/mol. The molecule has 2 unspecified atom stereocenters. The Morgan fingerprint density at radius 2 is 2.04 bits per heavy atom. The largest absolute Gasteiger partial charge is 0.497 e. The van der Waals surface area contributed by atoms with Gasteiger partial charge in [0.05, 0.1) is 7.11 Å². The molecule has 1 aliphatic heterocycles. The van der Waals surface area contributed by atoms with E-state index in [1.165, 1.54) is 5.56 Å². The lowest BCUT2D eigenvalue weighted by atomic mass is 9.92. The number of rotatable bonds is 8. The van der Waals surface area contributed by atoms with E-state index in [1.54, 1.807) is 7.11 Å². The van der Waals surface area contributed by atoms with Gasteiger partial charge in [-0.15, -0.1) is 0 Å². The summed E-state index contributed by atoms with van der Waals surface area (Å²) in [5, 5.41) is 0. The van der Waals surface area contributed by atoms with E-state index in [-0.39, 0.29) is 6.04 Å². The SMILES string of the molecule is COc1ccc(CCCCCC(=O)N2CCCC(C(C)N)C2)cc1. The number of likely N-dealkylation sites (tertiary alicyclic amines) is 1. The second kappa shape index (κ2) is 9.67. The van der Waals surface area contributed by atoms with Crippen molar-refractivity contribution in [1.82, 2.24) is 4.90 Å². The third-order valence-electron chi connectivity index (χ3n) is 5.07. The van der Waals surface area contributed by atoms with Gasteiger partial charge in [0.1, 0.15) is 5.75 Å². The number of benzene rings is 1. The highest BCUT2D eigenvalue weighted by Gasteiger charge is 2.25. The molecule has 4 heteroatoms. The Morgan fingerprint density at radius 1 is 1.29 bits per heavy atom. The van der Waals surface area contributed by atoms with Crippen LogP contribution in [0.2, 0.25) is 0 Å². The predicted octanol–water partition coefficient (Wildman–Crippen LogP) is 3.38. The Morgan fingerprint density at radius 3 is 2.71 bits per heavy atom. The molecule has 0 spiro atoms. The molecule has 1 amide bonds. The molecule has 0 bridgehead atoms. The van der Waals surface area contributed by atoms with Gasteiger partial charge in [-0.25, -0.2) is 0 Å². The minimum atomic E-state index is 0.185. The Balaban J connectivity index is 1.62. The lowest BCUT2D eigenvalue weighted by molar-refractivity contribution is -0.133. The van der Waals surface area contributed by atoms with Crippen molar-refractivity contribution in [3.63, 3.8) is 0 Å². The molecule has 1 aliphatic rings. The van der Waals surface area contributed by atoms with Crippen LogP contribution in [0.25, 0.3) is 0 Å². The highest BCUT2D eigenvalue weighted by molar-refractivity contribution is 5.76. The molecule has 2 rings (SSSR count). The molecule has 24 heavy (non-hydrogen) atoms. The average Bonchev–Trinajstić information content (AvgIpc) is 2.62.